The highest BCUT2D eigenvalue weighted by atomic mass is 16.1. The number of hydrogen-bond donors (Lipinski definition) is 1. The maximum absolute atomic E-state index is 13.4. The number of aromatic nitrogens is 5. The maximum Gasteiger partial charge on any atom is 0.252 e. The topological polar surface area (TPSA) is 77.6 Å². The third kappa shape index (κ3) is 4.13. The number of fused-ring (bicyclic) bond motifs is 1. The highest BCUT2D eigenvalue weighted by molar-refractivity contribution is 6.07. The minimum atomic E-state index is -0.149. The number of rotatable bonds is 6. The molecule has 0 unspecified atom stereocenters. The van der Waals surface area contributed by atoms with Gasteiger partial charge in [-0.2, -0.15) is 10.2 Å². The second-order valence-electron chi connectivity index (χ2n) is 7.98. The van der Waals surface area contributed by atoms with Gasteiger partial charge < -0.3 is 5.32 Å². The Morgan fingerprint density at radius 2 is 1.76 bits per heavy atom. The van der Waals surface area contributed by atoms with Crippen LogP contribution in [0.4, 0.5) is 0 Å². The molecule has 2 aromatic carbocycles. The van der Waals surface area contributed by atoms with Gasteiger partial charge in [0.15, 0.2) is 5.65 Å². The van der Waals surface area contributed by atoms with Gasteiger partial charge >= 0.3 is 0 Å². The third-order valence-corrected chi connectivity index (χ3v) is 5.73. The summed E-state index contributed by atoms with van der Waals surface area (Å²) in [6.07, 6.45) is 3.69. The molecule has 3 heterocycles. The first-order chi connectivity index (χ1) is 16.1. The Bertz CT molecular complexity index is 1420. The first-order valence-corrected chi connectivity index (χ1v) is 10.8. The van der Waals surface area contributed by atoms with Gasteiger partial charge in [0.1, 0.15) is 0 Å². The van der Waals surface area contributed by atoms with Crippen molar-refractivity contribution in [3.05, 3.63) is 102 Å². The van der Waals surface area contributed by atoms with Crippen LogP contribution in [0.25, 0.3) is 22.3 Å². The molecule has 7 nitrogen and oxygen atoms in total. The van der Waals surface area contributed by atoms with Crippen LogP contribution in [0, 0.1) is 6.92 Å². The minimum absolute atomic E-state index is 0.149. The molecule has 0 fully saturated rings. The molecule has 0 aliphatic carbocycles. The van der Waals surface area contributed by atoms with E-state index in [1.807, 2.05) is 85.5 Å². The van der Waals surface area contributed by atoms with Crippen molar-refractivity contribution in [2.24, 2.45) is 7.05 Å². The van der Waals surface area contributed by atoms with Gasteiger partial charge in [-0.25, -0.2) is 4.98 Å². The van der Waals surface area contributed by atoms with Crippen LogP contribution in [0.1, 0.15) is 27.2 Å². The molecule has 1 N–H and O–H groups in total. The monoisotopic (exact) mass is 436 g/mol. The molecule has 0 aliphatic rings. The molecule has 0 radical (unpaired) electrons. The Morgan fingerprint density at radius 1 is 1.00 bits per heavy atom. The predicted octanol–water partition coefficient (Wildman–Crippen LogP) is 4.12. The van der Waals surface area contributed by atoms with E-state index in [1.165, 1.54) is 0 Å². The fourth-order valence-corrected chi connectivity index (χ4v) is 4.10. The van der Waals surface area contributed by atoms with Crippen molar-refractivity contribution in [3.63, 3.8) is 0 Å². The molecule has 5 aromatic rings. The molecule has 0 bridgehead atoms. The predicted molar refractivity (Wildman–Crippen MR) is 128 cm³/mol. The minimum Gasteiger partial charge on any atom is -0.348 e. The van der Waals surface area contributed by atoms with Crippen LogP contribution in [-0.2, 0) is 20.1 Å². The van der Waals surface area contributed by atoms with Crippen LogP contribution < -0.4 is 5.32 Å². The number of pyridine rings is 1. The Balaban J connectivity index is 1.47. The smallest absolute Gasteiger partial charge is 0.252 e. The normalized spacial score (nSPS) is 11.1. The average molecular weight is 437 g/mol. The van der Waals surface area contributed by atoms with Gasteiger partial charge in [-0.15, -0.1) is 0 Å². The Hall–Kier alpha value is -4.26. The molecule has 0 spiro atoms. The second kappa shape index (κ2) is 8.70. The second-order valence-corrected chi connectivity index (χ2v) is 7.98. The summed E-state index contributed by atoms with van der Waals surface area (Å²) >= 11 is 0. The molecule has 0 saturated heterocycles. The van der Waals surface area contributed by atoms with E-state index in [0.29, 0.717) is 24.3 Å². The number of nitrogens with zero attached hydrogens (tertiary/aromatic N) is 5. The van der Waals surface area contributed by atoms with Gasteiger partial charge in [0.05, 0.1) is 28.9 Å². The Labute approximate surface area is 191 Å². The van der Waals surface area contributed by atoms with E-state index in [-0.39, 0.29) is 5.91 Å². The molecule has 0 aliphatic heterocycles. The summed E-state index contributed by atoms with van der Waals surface area (Å²) in [5.41, 5.74) is 5.92. The number of aryl methyl sites for hydroxylation is 2. The van der Waals surface area contributed by atoms with Crippen molar-refractivity contribution in [1.82, 2.24) is 29.9 Å². The quantitative estimate of drug-likeness (QED) is 0.434. The lowest BCUT2D eigenvalue weighted by Gasteiger charge is -2.12. The van der Waals surface area contributed by atoms with Crippen molar-refractivity contribution in [3.8, 4) is 11.3 Å². The van der Waals surface area contributed by atoms with Crippen LogP contribution in [0.2, 0.25) is 0 Å². The fourth-order valence-electron chi connectivity index (χ4n) is 4.10. The van der Waals surface area contributed by atoms with Crippen molar-refractivity contribution < 1.29 is 4.79 Å². The molecule has 0 saturated carbocycles. The summed E-state index contributed by atoms with van der Waals surface area (Å²) in [6, 6.07) is 21.7. The summed E-state index contributed by atoms with van der Waals surface area (Å²) in [7, 11) is 1.85. The van der Waals surface area contributed by atoms with Gasteiger partial charge in [-0.05, 0) is 30.2 Å². The van der Waals surface area contributed by atoms with Crippen molar-refractivity contribution in [2.45, 2.75) is 20.0 Å². The summed E-state index contributed by atoms with van der Waals surface area (Å²) in [5.74, 6) is -0.149. The average Bonchev–Trinajstić information content (AvgIpc) is 3.46. The van der Waals surface area contributed by atoms with Crippen molar-refractivity contribution in [1.29, 1.82) is 0 Å². The van der Waals surface area contributed by atoms with Gasteiger partial charge in [0.25, 0.3) is 5.91 Å². The van der Waals surface area contributed by atoms with Crippen LogP contribution in [0.15, 0.2) is 79.1 Å². The fraction of sp³-hybridized carbons (Fsp3) is 0.154. The highest BCUT2D eigenvalue weighted by Crippen LogP contribution is 2.27. The van der Waals surface area contributed by atoms with Gasteiger partial charge in [-0.1, -0.05) is 54.6 Å². The first kappa shape index (κ1) is 20.6. The lowest BCUT2D eigenvalue weighted by atomic mass is 10.0. The maximum atomic E-state index is 13.4. The molecule has 1 amide bonds. The van der Waals surface area contributed by atoms with E-state index < -0.39 is 0 Å². The summed E-state index contributed by atoms with van der Waals surface area (Å²) in [5, 5.41) is 12.7. The SMILES string of the molecule is Cc1nn(C)c2nc(-c3ccccc3)cc(C(=O)NCc3ccccc3Cn3cccn3)c12. The number of carbonyl (C=O) groups excluding carboxylic acids is 1. The van der Waals surface area contributed by atoms with E-state index >= 15 is 0 Å². The molecule has 3 aromatic heterocycles. The number of carbonyl (C=O) groups is 1. The van der Waals surface area contributed by atoms with Gasteiger partial charge in [-0.3, -0.25) is 14.2 Å². The van der Waals surface area contributed by atoms with E-state index in [2.05, 4.69) is 21.6 Å². The largest absolute Gasteiger partial charge is 0.348 e. The number of nitrogens with one attached hydrogen (secondary N) is 1. The van der Waals surface area contributed by atoms with Crippen LogP contribution in [-0.4, -0.2) is 30.5 Å². The molecular weight excluding hydrogens is 412 g/mol. The van der Waals surface area contributed by atoms with E-state index in [1.54, 1.807) is 10.9 Å². The van der Waals surface area contributed by atoms with Crippen LogP contribution in [0.3, 0.4) is 0 Å². The van der Waals surface area contributed by atoms with Gasteiger partial charge in [0, 0.05) is 31.5 Å². The lowest BCUT2D eigenvalue weighted by Crippen LogP contribution is -2.24. The molecular formula is C26H24N6O. The number of benzene rings is 2. The Kier molecular flexibility index (Phi) is 5.44. The number of amides is 1. The van der Waals surface area contributed by atoms with Crippen LogP contribution >= 0.6 is 0 Å². The van der Waals surface area contributed by atoms with Crippen LogP contribution in [0.5, 0.6) is 0 Å². The zero-order valence-electron chi connectivity index (χ0n) is 18.6. The molecule has 164 valence electrons. The molecule has 33 heavy (non-hydrogen) atoms. The molecule has 7 heteroatoms. The van der Waals surface area contributed by atoms with Crippen molar-refractivity contribution in [2.75, 3.05) is 0 Å². The summed E-state index contributed by atoms with van der Waals surface area (Å²) < 4.78 is 3.60. The summed E-state index contributed by atoms with van der Waals surface area (Å²) in [4.78, 5) is 18.2. The van der Waals surface area contributed by atoms with E-state index in [4.69, 9.17) is 4.98 Å². The first-order valence-electron chi connectivity index (χ1n) is 10.8. The number of hydrogen-bond acceptors (Lipinski definition) is 4. The molecule has 5 rings (SSSR count). The standard InChI is InChI=1S/C26H24N6O/c1-18-24-22(15-23(19-9-4-3-5-10-19)29-25(24)31(2)30-18)26(33)27-16-20-11-6-7-12-21(20)17-32-14-8-13-28-32/h3-15H,16-17H2,1-2H3,(H,27,33). The lowest BCUT2D eigenvalue weighted by molar-refractivity contribution is 0.0952. The van der Waals surface area contributed by atoms with E-state index in [0.717, 1.165) is 33.5 Å². The third-order valence-electron chi connectivity index (χ3n) is 5.73. The summed E-state index contributed by atoms with van der Waals surface area (Å²) in [6.45, 7) is 2.97. The highest BCUT2D eigenvalue weighted by Gasteiger charge is 2.19. The molecule has 0 atom stereocenters. The van der Waals surface area contributed by atoms with E-state index in [9.17, 15) is 4.79 Å². The van der Waals surface area contributed by atoms with Crippen molar-refractivity contribution >= 4 is 16.9 Å². The zero-order chi connectivity index (χ0) is 22.8. The Morgan fingerprint density at radius 3 is 2.52 bits per heavy atom. The zero-order valence-corrected chi connectivity index (χ0v) is 18.6. The van der Waals surface area contributed by atoms with Gasteiger partial charge in [0.2, 0.25) is 0 Å².